The Morgan fingerprint density at radius 1 is 1.05 bits per heavy atom. The second-order valence-electron chi connectivity index (χ2n) is 9.99. The molecule has 3 atom stereocenters. The number of nitrogens with zero attached hydrogens (tertiary/aromatic N) is 4. The van der Waals surface area contributed by atoms with E-state index in [1.807, 2.05) is 37.3 Å². The van der Waals surface area contributed by atoms with Crippen LogP contribution in [0.3, 0.4) is 0 Å². The summed E-state index contributed by atoms with van der Waals surface area (Å²) in [6.45, 7) is 1.82. The van der Waals surface area contributed by atoms with E-state index in [0.717, 1.165) is 16.2 Å². The zero-order valence-corrected chi connectivity index (χ0v) is 19.9. The van der Waals surface area contributed by atoms with Crippen LogP contribution in [-0.2, 0) is 30.5 Å². The molecule has 196 valence electrons. The van der Waals surface area contributed by atoms with Gasteiger partial charge in [-0.2, -0.15) is 13.2 Å². The molecule has 5 rings (SSSR count). The molecular formula is C26H24F6N4O. The van der Waals surface area contributed by atoms with Gasteiger partial charge in [0.15, 0.2) is 17.5 Å². The molecule has 5 nitrogen and oxygen atoms in total. The number of benzene rings is 2. The molecule has 2 aliphatic rings. The maximum absolute atomic E-state index is 14.6. The summed E-state index contributed by atoms with van der Waals surface area (Å²) in [6, 6.07) is 10.9. The van der Waals surface area contributed by atoms with Crippen LogP contribution in [0.25, 0.3) is 0 Å². The number of carbonyl (C=O) groups excluding carboxylic acids is 1. The van der Waals surface area contributed by atoms with E-state index in [9.17, 15) is 31.1 Å². The number of alkyl halides is 3. The van der Waals surface area contributed by atoms with Crippen molar-refractivity contribution in [3.63, 3.8) is 0 Å². The second kappa shape index (κ2) is 9.18. The van der Waals surface area contributed by atoms with Crippen molar-refractivity contribution in [3.05, 3.63) is 82.7 Å². The molecule has 0 radical (unpaired) electrons. The quantitative estimate of drug-likeness (QED) is 0.318. The molecule has 1 aliphatic heterocycles. The smallest absolute Gasteiger partial charge is 0.333 e. The fourth-order valence-electron chi connectivity index (χ4n) is 5.62. The van der Waals surface area contributed by atoms with Crippen molar-refractivity contribution in [2.75, 3.05) is 6.54 Å². The van der Waals surface area contributed by atoms with E-state index in [-0.39, 0.29) is 61.6 Å². The normalized spacial score (nSPS) is 22.0. The topological polar surface area (TPSA) is 51.0 Å². The van der Waals surface area contributed by atoms with E-state index < -0.39 is 34.9 Å². The number of amides is 1. The third-order valence-corrected chi connectivity index (χ3v) is 7.68. The molecule has 3 aromatic rings. The molecule has 0 saturated heterocycles. The largest absolute Gasteiger partial charge is 0.451 e. The lowest BCUT2D eigenvalue weighted by molar-refractivity contribution is -0.148. The van der Waals surface area contributed by atoms with Crippen molar-refractivity contribution in [2.24, 2.45) is 11.3 Å². The Morgan fingerprint density at radius 3 is 2.46 bits per heavy atom. The van der Waals surface area contributed by atoms with Crippen molar-refractivity contribution in [1.82, 2.24) is 19.7 Å². The van der Waals surface area contributed by atoms with Gasteiger partial charge in [0.2, 0.25) is 11.7 Å². The van der Waals surface area contributed by atoms with Gasteiger partial charge in [0.25, 0.3) is 0 Å². The third kappa shape index (κ3) is 4.83. The molecule has 2 aromatic carbocycles. The lowest BCUT2D eigenvalue weighted by atomic mass is 9.84. The monoisotopic (exact) mass is 522 g/mol. The number of hydrogen-bond acceptors (Lipinski definition) is 3. The minimum Gasteiger partial charge on any atom is -0.333 e. The summed E-state index contributed by atoms with van der Waals surface area (Å²) in [5.74, 6) is -4.72. The molecule has 0 N–H and O–H groups in total. The van der Waals surface area contributed by atoms with Gasteiger partial charge in [-0.1, -0.05) is 37.3 Å². The summed E-state index contributed by atoms with van der Waals surface area (Å²) in [5, 5.41) is 6.86. The lowest BCUT2D eigenvalue weighted by Crippen LogP contribution is -2.40. The molecule has 0 spiro atoms. The van der Waals surface area contributed by atoms with E-state index in [0.29, 0.717) is 12.5 Å². The van der Waals surface area contributed by atoms with Gasteiger partial charge in [-0.05, 0) is 47.3 Å². The molecule has 37 heavy (non-hydrogen) atoms. The molecule has 1 aliphatic carbocycles. The van der Waals surface area contributed by atoms with Gasteiger partial charge in [-0.3, -0.25) is 4.79 Å². The summed E-state index contributed by atoms with van der Waals surface area (Å²) >= 11 is 0. The van der Waals surface area contributed by atoms with Gasteiger partial charge in [0.05, 0.1) is 6.54 Å². The van der Waals surface area contributed by atoms with Gasteiger partial charge >= 0.3 is 6.18 Å². The fourth-order valence-corrected chi connectivity index (χ4v) is 5.62. The number of hydrogen-bond donors (Lipinski definition) is 0. The highest BCUT2D eigenvalue weighted by molar-refractivity contribution is 5.77. The third-order valence-electron chi connectivity index (χ3n) is 7.68. The summed E-state index contributed by atoms with van der Waals surface area (Å²) in [5.41, 5.74) is 0.320. The van der Waals surface area contributed by atoms with E-state index in [1.54, 1.807) is 0 Å². The van der Waals surface area contributed by atoms with Crippen molar-refractivity contribution < 1.29 is 31.1 Å². The molecule has 1 saturated carbocycles. The molecule has 1 aromatic heterocycles. The molecule has 1 fully saturated rings. The molecular weight excluding hydrogens is 498 g/mol. The maximum Gasteiger partial charge on any atom is 0.451 e. The van der Waals surface area contributed by atoms with Crippen LogP contribution in [-0.4, -0.2) is 32.1 Å². The number of fused-ring (bicyclic) bond motifs is 1. The van der Waals surface area contributed by atoms with Crippen LogP contribution >= 0.6 is 0 Å². The Hall–Kier alpha value is -3.37. The summed E-state index contributed by atoms with van der Waals surface area (Å²) in [6.07, 6.45) is -4.06. The van der Waals surface area contributed by atoms with Crippen LogP contribution in [0.1, 0.15) is 48.5 Å². The average Bonchev–Trinajstić information content (AvgIpc) is 3.36. The first kappa shape index (κ1) is 25.3. The average molecular weight is 522 g/mol. The Balaban J connectivity index is 1.39. The fraction of sp³-hybridized carbons (Fsp3) is 0.423. The highest BCUT2D eigenvalue weighted by Crippen LogP contribution is 2.63. The standard InChI is InChI=1S/C26H24F6N4O/c1-15(16-5-3-2-4-6-16)18-12-25(18,11-17-9-20(28)21(29)10-19(17)27)13-23(37)35-7-8-36-22(14-35)33-34-24(36)26(30,31)32/h2-6,9-10,15,18H,7-8,11-14H2,1H3/t15-,18?,25?/m1/s1. The van der Waals surface area contributed by atoms with Crippen molar-refractivity contribution in [1.29, 1.82) is 0 Å². The summed E-state index contributed by atoms with van der Waals surface area (Å²) in [4.78, 5) is 14.8. The first-order valence-corrected chi connectivity index (χ1v) is 11.9. The summed E-state index contributed by atoms with van der Waals surface area (Å²) < 4.78 is 82.5. The highest BCUT2D eigenvalue weighted by Gasteiger charge is 2.57. The van der Waals surface area contributed by atoms with E-state index in [2.05, 4.69) is 10.2 Å². The van der Waals surface area contributed by atoms with Crippen molar-refractivity contribution >= 4 is 5.91 Å². The van der Waals surface area contributed by atoms with Gasteiger partial charge in [0, 0.05) is 25.6 Å². The van der Waals surface area contributed by atoms with Gasteiger partial charge in [-0.15, -0.1) is 10.2 Å². The van der Waals surface area contributed by atoms with Crippen molar-refractivity contribution in [3.8, 4) is 0 Å². The van der Waals surface area contributed by atoms with Gasteiger partial charge < -0.3 is 9.47 Å². The molecule has 0 bridgehead atoms. The summed E-state index contributed by atoms with van der Waals surface area (Å²) in [7, 11) is 0. The minimum atomic E-state index is -4.65. The predicted molar refractivity (Wildman–Crippen MR) is 120 cm³/mol. The van der Waals surface area contributed by atoms with Crippen LogP contribution in [0.2, 0.25) is 0 Å². The van der Waals surface area contributed by atoms with Crippen LogP contribution in [0.5, 0.6) is 0 Å². The Bertz CT molecular complexity index is 1320. The van der Waals surface area contributed by atoms with E-state index >= 15 is 0 Å². The number of halogens is 6. The first-order chi connectivity index (χ1) is 17.5. The molecule has 2 heterocycles. The van der Waals surface area contributed by atoms with Gasteiger partial charge in [-0.25, -0.2) is 13.2 Å². The first-order valence-electron chi connectivity index (χ1n) is 11.9. The molecule has 2 unspecified atom stereocenters. The zero-order chi connectivity index (χ0) is 26.5. The Kier molecular flexibility index (Phi) is 6.27. The lowest BCUT2D eigenvalue weighted by Gasteiger charge is -2.30. The minimum absolute atomic E-state index is 0.00641. The maximum atomic E-state index is 14.6. The molecule has 1 amide bonds. The number of rotatable bonds is 6. The number of carbonyl (C=O) groups is 1. The van der Waals surface area contributed by atoms with Crippen LogP contribution in [0.4, 0.5) is 26.3 Å². The van der Waals surface area contributed by atoms with Crippen LogP contribution < -0.4 is 0 Å². The Labute approximate surface area is 209 Å². The SMILES string of the molecule is C[C@H](c1ccccc1)C1CC1(CC(=O)N1CCn2c(nnc2C(F)(F)F)C1)Cc1cc(F)c(F)cc1F. The van der Waals surface area contributed by atoms with Crippen molar-refractivity contribution in [2.45, 2.75) is 51.4 Å². The zero-order valence-electron chi connectivity index (χ0n) is 19.9. The predicted octanol–water partition coefficient (Wildman–Crippen LogP) is 5.50. The molecule has 11 heteroatoms. The van der Waals surface area contributed by atoms with Crippen LogP contribution in [0, 0.1) is 28.8 Å². The van der Waals surface area contributed by atoms with E-state index in [4.69, 9.17) is 0 Å². The highest BCUT2D eigenvalue weighted by atomic mass is 19.4. The van der Waals surface area contributed by atoms with Crippen LogP contribution in [0.15, 0.2) is 42.5 Å². The van der Waals surface area contributed by atoms with E-state index in [1.165, 1.54) is 4.90 Å². The second-order valence-corrected chi connectivity index (χ2v) is 9.99. The Morgan fingerprint density at radius 2 is 1.76 bits per heavy atom. The number of aromatic nitrogens is 3. The van der Waals surface area contributed by atoms with Gasteiger partial charge in [0.1, 0.15) is 5.82 Å².